The molecule has 0 fully saturated rings. The Kier molecular flexibility index (Phi) is 5.08. The number of aliphatic hydroxyl groups is 1. The van der Waals surface area contributed by atoms with E-state index in [1.54, 1.807) is 0 Å². The predicted molar refractivity (Wildman–Crippen MR) is 84.9 cm³/mol. The Morgan fingerprint density at radius 1 is 1.05 bits per heavy atom. The minimum atomic E-state index is -0.129. The molecule has 0 heterocycles. The van der Waals surface area contributed by atoms with E-state index in [0.717, 1.165) is 19.3 Å². The van der Waals surface area contributed by atoms with Gasteiger partial charge in [0.2, 0.25) is 0 Å². The monoisotopic (exact) mass is 267 g/mol. The predicted octanol–water partition coefficient (Wildman–Crippen LogP) is 3.99. The third kappa shape index (κ3) is 4.04. The number of rotatable bonds is 6. The molecular weight excluding hydrogens is 246 g/mol. The van der Waals surface area contributed by atoms with Crippen LogP contribution in [-0.2, 0) is 0 Å². The summed E-state index contributed by atoms with van der Waals surface area (Å²) in [6.07, 6.45) is 15.0. The molecule has 0 saturated heterocycles. The molecule has 1 aromatic rings. The number of allylic oxidation sites excluding steroid dienone is 5. The van der Waals surface area contributed by atoms with E-state index >= 15 is 0 Å². The lowest BCUT2D eigenvalue weighted by Gasteiger charge is -2.26. The van der Waals surface area contributed by atoms with Crippen LogP contribution in [0.3, 0.4) is 0 Å². The lowest BCUT2D eigenvalue weighted by Crippen LogP contribution is -2.15. The van der Waals surface area contributed by atoms with Crippen molar-refractivity contribution < 1.29 is 5.11 Å². The SMILES string of the molecule is N=C1C=CC(C=Cc2ccccc2)(CCCCO)C=C1. The van der Waals surface area contributed by atoms with Crippen molar-refractivity contribution in [1.29, 1.82) is 5.41 Å². The van der Waals surface area contributed by atoms with Crippen LogP contribution in [0.5, 0.6) is 0 Å². The fourth-order valence-electron chi connectivity index (χ4n) is 2.32. The average Bonchev–Trinajstić information content (AvgIpc) is 2.49. The highest BCUT2D eigenvalue weighted by Crippen LogP contribution is 2.33. The van der Waals surface area contributed by atoms with Gasteiger partial charge in [-0.2, -0.15) is 0 Å². The molecule has 2 nitrogen and oxygen atoms in total. The molecule has 0 bridgehead atoms. The molecule has 2 rings (SSSR count). The van der Waals surface area contributed by atoms with Gasteiger partial charge >= 0.3 is 0 Å². The van der Waals surface area contributed by atoms with Crippen molar-refractivity contribution in [3.8, 4) is 0 Å². The van der Waals surface area contributed by atoms with Gasteiger partial charge in [0.05, 0.1) is 5.71 Å². The minimum absolute atomic E-state index is 0.129. The second kappa shape index (κ2) is 7.01. The van der Waals surface area contributed by atoms with E-state index in [-0.39, 0.29) is 12.0 Å². The summed E-state index contributed by atoms with van der Waals surface area (Å²) in [5.74, 6) is 0. The maximum atomic E-state index is 8.94. The third-order valence-corrected chi connectivity index (χ3v) is 3.55. The molecule has 0 aliphatic heterocycles. The van der Waals surface area contributed by atoms with Crippen LogP contribution < -0.4 is 0 Å². The normalized spacial score (nSPS) is 21.8. The zero-order valence-electron chi connectivity index (χ0n) is 11.6. The minimum Gasteiger partial charge on any atom is -0.396 e. The van der Waals surface area contributed by atoms with Crippen LogP contribution >= 0.6 is 0 Å². The molecule has 1 aliphatic carbocycles. The van der Waals surface area contributed by atoms with Gasteiger partial charge < -0.3 is 10.5 Å². The summed E-state index contributed by atoms with van der Waals surface area (Å²) in [7, 11) is 0. The van der Waals surface area contributed by atoms with Crippen molar-refractivity contribution in [2.24, 2.45) is 5.41 Å². The van der Waals surface area contributed by atoms with Gasteiger partial charge in [0, 0.05) is 12.0 Å². The average molecular weight is 267 g/mol. The summed E-state index contributed by atoms with van der Waals surface area (Å²) >= 11 is 0. The van der Waals surface area contributed by atoms with Crippen LogP contribution in [-0.4, -0.2) is 17.4 Å². The van der Waals surface area contributed by atoms with E-state index in [4.69, 9.17) is 10.5 Å². The van der Waals surface area contributed by atoms with Crippen molar-refractivity contribution in [3.63, 3.8) is 0 Å². The summed E-state index contributed by atoms with van der Waals surface area (Å²) in [6.45, 7) is 0.238. The zero-order valence-corrected chi connectivity index (χ0v) is 11.6. The van der Waals surface area contributed by atoms with Crippen LogP contribution in [0.1, 0.15) is 24.8 Å². The van der Waals surface area contributed by atoms with Crippen molar-refractivity contribution >= 4 is 11.8 Å². The number of hydrogen-bond acceptors (Lipinski definition) is 2. The van der Waals surface area contributed by atoms with Crippen LogP contribution in [0.4, 0.5) is 0 Å². The van der Waals surface area contributed by atoms with Crippen LogP contribution in [0.2, 0.25) is 0 Å². The molecule has 0 aromatic heterocycles. The Morgan fingerprint density at radius 2 is 1.75 bits per heavy atom. The number of aliphatic hydroxyl groups excluding tert-OH is 1. The zero-order chi connectivity index (χ0) is 14.3. The second-order valence-corrected chi connectivity index (χ2v) is 5.16. The van der Waals surface area contributed by atoms with Gasteiger partial charge in [-0.05, 0) is 37.0 Å². The molecule has 2 heteroatoms. The van der Waals surface area contributed by atoms with Gasteiger partial charge in [-0.25, -0.2) is 0 Å². The molecule has 0 spiro atoms. The highest BCUT2D eigenvalue weighted by atomic mass is 16.2. The van der Waals surface area contributed by atoms with Crippen molar-refractivity contribution in [1.82, 2.24) is 0 Å². The molecule has 0 saturated carbocycles. The lowest BCUT2D eigenvalue weighted by molar-refractivity contribution is 0.279. The van der Waals surface area contributed by atoms with Crippen LogP contribution in [0.15, 0.2) is 60.7 Å². The summed E-state index contributed by atoms with van der Waals surface area (Å²) in [5.41, 5.74) is 1.59. The van der Waals surface area contributed by atoms with E-state index in [9.17, 15) is 0 Å². The highest BCUT2D eigenvalue weighted by molar-refractivity contribution is 6.02. The van der Waals surface area contributed by atoms with Crippen molar-refractivity contribution in [2.75, 3.05) is 6.61 Å². The first-order valence-corrected chi connectivity index (χ1v) is 7.06. The van der Waals surface area contributed by atoms with Gasteiger partial charge in [0.1, 0.15) is 0 Å². The Labute approximate surface area is 120 Å². The Bertz CT molecular complexity index is 510. The molecular formula is C18H21NO. The topological polar surface area (TPSA) is 44.1 Å². The van der Waals surface area contributed by atoms with E-state index in [1.807, 2.05) is 30.4 Å². The van der Waals surface area contributed by atoms with Gasteiger partial charge in [-0.3, -0.25) is 0 Å². The fraction of sp³-hybridized carbons (Fsp3) is 0.278. The van der Waals surface area contributed by atoms with Gasteiger partial charge in [-0.1, -0.05) is 54.6 Å². The first-order valence-electron chi connectivity index (χ1n) is 7.06. The van der Waals surface area contributed by atoms with Crippen molar-refractivity contribution in [2.45, 2.75) is 19.3 Å². The largest absolute Gasteiger partial charge is 0.396 e. The lowest BCUT2D eigenvalue weighted by atomic mass is 9.78. The molecule has 0 atom stereocenters. The van der Waals surface area contributed by atoms with Gasteiger partial charge in [0.15, 0.2) is 0 Å². The Balaban J connectivity index is 2.15. The summed E-state index contributed by atoms with van der Waals surface area (Å²) in [5, 5.41) is 16.6. The Morgan fingerprint density at radius 3 is 2.40 bits per heavy atom. The van der Waals surface area contributed by atoms with E-state index in [2.05, 4.69) is 36.4 Å². The highest BCUT2D eigenvalue weighted by Gasteiger charge is 2.22. The molecule has 2 N–H and O–H groups in total. The summed E-state index contributed by atoms with van der Waals surface area (Å²) in [4.78, 5) is 0. The Hall–Kier alpha value is -1.93. The van der Waals surface area contributed by atoms with Crippen LogP contribution in [0.25, 0.3) is 6.08 Å². The molecule has 1 aliphatic rings. The molecule has 0 amide bonds. The molecule has 1 aromatic carbocycles. The number of nitrogens with one attached hydrogen (secondary N) is 1. The van der Waals surface area contributed by atoms with Gasteiger partial charge in [0.25, 0.3) is 0 Å². The first kappa shape index (κ1) is 14.5. The maximum Gasteiger partial charge on any atom is 0.0534 e. The van der Waals surface area contributed by atoms with Gasteiger partial charge in [-0.15, -0.1) is 0 Å². The standard InChI is InChI=1S/C18H21NO/c19-17-9-13-18(14-10-17,11-4-5-15-20)12-8-16-6-2-1-3-7-16/h1-3,6-10,12-14,19-20H,4-5,11,15H2. The van der Waals surface area contributed by atoms with E-state index in [1.165, 1.54) is 5.56 Å². The third-order valence-electron chi connectivity index (χ3n) is 3.55. The smallest absolute Gasteiger partial charge is 0.0534 e. The van der Waals surface area contributed by atoms with E-state index in [0.29, 0.717) is 5.71 Å². The molecule has 0 radical (unpaired) electrons. The maximum absolute atomic E-state index is 8.94. The molecule has 20 heavy (non-hydrogen) atoms. The quantitative estimate of drug-likeness (QED) is 0.752. The second-order valence-electron chi connectivity index (χ2n) is 5.16. The summed E-state index contributed by atoms with van der Waals surface area (Å²) < 4.78 is 0. The number of benzene rings is 1. The summed E-state index contributed by atoms with van der Waals surface area (Å²) in [6, 6.07) is 10.2. The van der Waals surface area contributed by atoms with Crippen LogP contribution in [0, 0.1) is 10.8 Å². The molecule has 0 unspecified atom stereocenters. The molecule has 104 valence electrons. The number of unbranched alkanes of at least 4 members (excludes halogenated alkanes) is 1. The number of hydrogen-bond donors (Lipinski definition) is 2. The van der Waals surface area contributed by atoms with E-state index < -0.39 is 0 Å². The fourth-order valence-corrected chi connectivity index (χ4v) is 2.32. The van der Waals surface area contributed by atoms with Crippen molar-refractivity contribution in [3.05, 3.63) is 66.3 Å². The first-order chi connectivity index (χ1) is 9.74.